The fourth-order valence-corrected chi connectivity index (χ4v) is 3.72. The first-order chi connectivity index (χ1) is 12.0. The zero-order valence-corrected chi connectivity index (χ0v) is 15.9. The first-order valence-electron chi connectivity index (χ1n) is 7.76. The summed E-state index contributed by atoms with van der Waals surface area (Å²) in [7, 11) is 0. The van der Waals surface area contributed by atoms with Crippen LogP contribution in [0.25, 0.3) is 10.7 Å². The van der Waals surface area contributed by atoms with Crippen LogP contribution in [-0.2, 0) is 17.8 Å². The van der Waals surface area contributed by atoms with Crippen LogP contribution in [0.4, 0.5) is 0 Å². The van der Waals surface area contributed by atoms with Crippen molar-refractivity contribution in [2.24, 2.45) is 0 Å². The summed E-state index contributed by atoms with van der Waals surface area (Å²) in [5, 5.41) is 12.6. The van der Waals surface area contributed by atoms with Gasteiger partial charge >= 0.3 is 0 Å². The predicted molar refractivity (Wildman–Crippen MR) is 103 cm³/mol. The Kier molecular flexibility index (Phi) is 5.67. The Bertz CT molecular complexity index is 917. The van der Waals surface area contributed by atoms with Crippen LogP contribution >= 0.6 is 35.2 Å². The maximum atomic E-state index is 12.4. The largest absolute Gasteiger partial charge is 0.352 e. The molecule has 0 saturated heterocycles. The summed E-state index contributed by atoms with van der Waals surface area (Å²) in [4.78, 5) is 13.4. The molecule has 1 amide bonds. The average molecular weight is 393 g/mol. The Hall–Kier alpha value is -1.96. The van der Waals surface area contributed by atoms with Gasteiger partial charge in [-0.1, -0.05) is 29.8 Å². The van der Waals surface area contributed by atoms with Gasteiger partial charge in [-0.05, 0) is 54.7 Å². The Morgan fingerprint density at radius 2 is 2.28 bits per heavy atom. The van der Waals surface area contributed by atoms with Crippen molar-refractivity contribution in [3.63, 3.8) is 0 Å². The van der Waals surface area contributed by atoms with Gasteiger partial charge in [0.1, 0.15) is 6.54 Å². The lowest BCUT2D eigenvalue weighted by Crippen LogP contribution is -2.36. The van der Waals surface area contributed by atoms with Crippen molar-refractivity contribution < 1.29 is 4.79 Å². The number of H-pyrrole nitrogens is 1. The van der Waals surface area contributed by atoms with Gasteiger partial charge < -0.3 is 5.32 Å². The highest BCUT2D eigenvalue weighted by molar-refractivity contribution is 7.71. The van der Waals surface area contributed by atoms with E-state index in [4.69, 9.17) is 23.8 Å². The summed E-state index contributed by atoms with van der Waals surface area (Å²) in [6.45, 7) is 2.09. The van der Waals surface area contributed by atoms with E-state index < -0.39 is 0 Å². The van der Waals surface area contributed by atoms with E-state index in [0.717, 1.165) is 10.4 Å². The van der Waals surface area contributed by atoms with Gasteiger partial charge in [-0.2, -0.15) is 5.10 Å². The smallest absolute Gasteiger partial charge is 0.240 e. The van der Waals surface area contributed by atoms with E-state index in [2.05, 4.69) is 15.5 Å². The Morgan fingerprint density at radius 1 is 1.44 bits per heavy atom. The zero-order chi connectivity index (χ0) is 17.8. The second kappa shape index (κ2) is 7.95. The third kappa shape index (κ3) is 4.56. The molecular formula is C17H17ClN4OS2. The lowest BCUT2D eigenvalue weighted by molar-refractivity contribution is -0.122. The Balaban J connectivity index is 1.65. The Labute approximate surface area is 159 Å². The minimum absolute atomic E-state index is 0.0165. The van der Waals surface area contributed by atoms with E-state index in [-0.39, 0.29) is 18.5 Å². The number of nitrogens with one attached hydrogen (secondary N) is 2. The van der Waals surface area contributed by atoms with Crippen LogP contribution in [0.5, 0.6) is 0 Å². The second-order valence-corrected chi connectivity index (χ2v) is 7.49. The lowest BCUT2D eigenvalue weighted by Gasteiger charge is -2.15. The SMILES string of the molecule is C[C@H](Cc1cccc(Cl)c1)NC(=O)Cn1c(-c2cccs2)n[nH]c1=S. The lowest BCUT2D eigenvalue weighted by atomic mass is 10.1. The average Bonchev–Trinajstić information content (AvgIpc) is 3.18. The van der Waals surface area contributed by atoms with Crippen LogP contribution in [0.2, 0.25) is 5.02 Å². The molecule has 3 aromatic rings. The number of hydrogen-bond donors (Lipinski definition) is 2. The maximum absolute atomic E-state index is 12.4. The molecular weight excluding hydrogens is 376 g/mol. The highest BCUT2D eigenvalue weighted by Crippen LogP contribution is 2.22. The minimum atomic E-state index is -0.107. The van der Waals surface area contributed by atoms with Gasteiger partial charge in [-0.25, -0.2) is 0 Å². The summed E-state index contributed by atoms with van der Waals surface area (Å²) in [6.07, 6.45) is 0.709. The molecule has 1 aromatic carbocycles. The first kappa shape index (κ1) is 17.8. The number of nitrogens with zero attached hydrogens (tertiary/aromatic N) is 2. The highest BCUT2D eigenvalue weighted by atomic mass is 35.5. The van der Waals surface area contributed by atoms with E-state index >= 15 is 0 Å². The molecule has 0 saturated carbocycles. The molecule has 0 aliphatic heterocycles. The molecule has 5 nitrogen and oxygen atoms in total. The molecule has 0 aliphatic rings. The van der Waals surface area contributed by atoms with Crippen LogP contribution in [0.3, 0.4) is 0 Å². The molecule has 0 fully saturated rings. The number of amides is 1. The molecule has 2 heterocycles. The van der Waals surface area contributed by atoms with Crippen LogP contribution in [-0.4, -0.2) is 26.7 Å². The topological polar surface area (TPSA) is 62.7 Å². The molecule has 0 radical (unpaired) electrons. The van der Waals surface area contributed by atoms with Gasteiger partial charge in [0, 0.05) is 11.1 Å². The fraction of sp³-hybridized carbons (Fsp3) is 0.235. The van der Waals surface area contributed by atoms with Gasteiger partial charge in [0.2, 0.25) is 5.91 Å². The number of aromatic amines is 1. The molecule has 1 atom stereocenters. The highest BCUT2D eigenvalue weighted by Gasteiger charge is 2.14. The Morgan fingerprint density at radius 3 is 3.00 bits per heavy atom. The summed E-state index contributed by atoms with van der Waals surface area (Å²) in [5.74, 6) is 0.572. The van der Waals surface area contributed by atoms with Crippen molar-refractivity contribution >= 4 is 41.1 Å². The molecule has 0 aliphatic carbocycles. The van der Waals surface area contributed by atoms with Gasteiger partial charge in [-0.3, -0.25) is 14.5 Å². The number of carbonyl (C=O) groups excluding carboxylic acids is 1. The molecule has 0 spiro atoms. The number of rotatable bonds is 6. The van der Waals surface area contributed by atoms with Crippen molar-refractivity contribution in [2.75, 3.05) is 0 Å². The fourth-order valence-electron chi connectivity index (χ4n) is 2.59. The second-order valence-electron chi connectivity index (χ2n) is 5.72. The van der Waals surface area contributed by atoms with Gasteiger partial charge in [0.25, 0.3) is 0 Å². The summed E-state index contributed by atoms with van der Waals surface area (Å²) < 4.78 is 2.14. The maximum Gasteiger partial charge on any atom is 0.240 e. The minimum Gasteiger partial charge on any atom is -0.352 e. The van der Waals surface area contributed by atoms with Crippen LogP contribution in [0, 0.1) is 4.77 Å². The molecule has 2 aromatic heterocycles. The zero-order valence-electron chi connectivity index (χ0n) is 13.5. The van der Waals surface area contributed by atoms with Crippen molar-refractivity contribution in [3.05, 3.63) is 57.1 Å². The number of benzene rings is 1. The number of aromatic nitrogens is 3. The monoisotopic (exact) mass is 392 g/mol. The van der Waals surface area contributed by atoms with Crippen molar-refractivity contribution in [1.29, 1.82) is 0 Å². The quantitative estimate of drug-likeness (QED) is 0.621. The predicted octanol–water partition coefficient (Wildman–Crippen LogP) is 4.07. The van der Waals surface area contributed by atoms with Crippen LogP contribution in [0.15, 0.2) is 41.8 Å². The molecule has 130 valence electrons. The molecule has 0 unspecified atom stereocenters. The number of thiophene rings is 1. The van der Waals surface area contributed by atoms with Crippen LogP contribution < -0.4 is 5.32 Å². The molecule has 0 bridgehead atoms. The number of carbonyl (C=O) groups is 1. The van der Waals surface area contributed by atoms with E-state index in [1.165, 1.54) is 0 Å². The van der Waals surface area contributed by atoms with Crippen molar-refractivity contribution in [2.45, 2.75) is 25.9 Å². The van der Waals surface area contributed by atoms with Gasteiger partial charge in [-0.15, -0.1) is 11.3 Å². The van der Waals surface area contributed by atoms with Gasteiger partial charge in [0.15, 0.2) is 10.6 Å². The molecule has 8 heteroatoms. The van der Waals surface area contributed by atoms with Crippen molar-refractivity contribution in [3.8, 4) is 10.7 Å². The normalized spacial score (nSPS) is 12.1. The van der Waals surface area contributed by atoms with E-state index in [9.17, 15) is 4.79 Å². The third-order valence-electron chi connectivity index (χ3n) is 3.64. The third-order valence-corrected chi connectivity index (χ3v) is 5.05. The first-order valence-corrected chi connectivity index (χ1v) is 9.42. The van der Waals surface area contributed by atoms with Crippen LogP contribution in [0.1, 0.15) is 12.5 Å². The molecule has 2 N–H and O–H groups in total. The standard InChI is InChI=1S/C17H17ClN4OS2/c1-11(8-12-4-2-5-13(18)9-12)19-15(23)10-22-16(20-21-17(22)24)14-6-3-7-25-14/h2-7,9,11H,8,10H2,1H3,(H,19,23)(H,21,24)/t11-/m1/s1. The number of halogens is 1. The van der Waals surface area contributed by atoms with E-state index in [0.29, 0.717) is 22.0 Å². The summed E-state index contributed by atoms with van der Waals surface area (Å²) >= 11 is 12.8. The summed E-state index contributed by atoms with van der Waals surface area (Å²) in [5.41, 5.74) is 1.08. The van der Waals surface area contributed by atoms with E-state index in [1.807, 2.05) is 48.7 Å². The summed E-state index contributed by atoms with van der Waals surface area (Å²) in [6, 6.07) is 11.5. The van der Waals surface area contributed by atoms with Gasteiger partial charge in [0.05, 0.1) is 4.88 Å². The number of hydrogen-bond acceptors (Lipinski definition) is 4. The molecule has 3 rings (SSSR count). The van der Waals surface area contributed by atoms with E-state index in [1.54, 1.807) is 15.9 Å². The van der Waals surface area contributed by atoms with Crippen molar-refractivity contribution in [1.82, 2.24) is 20.1 Å². The molecule has 25 heavy (non-hydrogen) atoms.